The molecule has 0 atom stereocenters. The molecule has 0 aromatic heterocycles. The van der Waals surface area contributed by atoms with Crippen LogP contribution in [0.25, 0.3) is 0 Å². The number of hydrazine groups is 1. The van der Waals surface area contributed by atoms with Crippen molar-refractivity contribution in [2.75, 3.05) is 0 Å². The van der Waals surface area contributed by atoms with Crippen LogP contribution in [-0.4, -0.2) is 20.7 Å². The summed E-state index contributed by atoms with van der Waals surface area (Å²) in [7, 11) is -4.48. The van der Waals surface area contributed by atoms with Crippen LogP contribution in [-0.2, 0) is 10.0 Å². The molecule has 0 bridgehead atoms. The first kappa shape index (κ1) is 18.7. The topological polar surface area (TPSA) is 84.5 Å². The lowest BCUT2D eigenvalue weighted by molar-refractivity contribution is -0.275. The lowest BCUT2D eigenvalue weighted by Gasteiger charge is -2.14. The van der Waals surface area contributed by atoms with Crippen molar-refractivity contribution in [2.24, 2.45) is 0 Å². The van der Waals surface area contributed by atoms with Gasteiger partial charge in [0.05, 0.1) is 0 Å². The number of alkyl halides is 3. The highest BCUT2D eigenvalue weighted by Gasteiger charge is 2.34. The average Bonchev–Trinajstić information content (AvgIpc) is 2.52. The molecule has 0 unspecified atom stereocenters. The van der Waals surface area contributed by atoms with Crippen molar-refractivity contribution in [1.82, 2.24) is 10.3 Å². The molecule has 1 amide bonds. The van der Waals surface area contributed by atoms with E-state index in [1.54, 1.807) is 17.0 Å². The largest absolute Gasteiger partial charge is 0.573 e. The van der Waals surface area contributed by atoms with Gasteiger partial charge in [0.25, 0.3) is 15.9 Å². The Bertz CT molecular complexity index is 865. The van der Waals surface area contributed by atoms with Crippen LogP contribution in [0.2, 0.25) is 0 Å². The smallest absolute Gasteiger partial charge is 0.404 e. The third kappa shape index (κ3) is 5.19. The van der Waals surface area contributed by atoms with Gasteiger partial charge in [-0.25, -0.2) is 8.42 Å². The van der Waals surface area contributed by atoms with Gasteiger partial charge >= 0.3 is 6.36 Å². The summed E-state index contributed by atoms with van der Waals surface area (Å²) in [6.45, 7) is 1.81. The van der Waals surface area contributed by atoms with E-state index >= 15 is 0 Å². The molecule has 0 saturated carbocycles. The third-order valence-corrected chi connectivity index (χ3v) is 4.26. The number of carbonyl (C=O) groups is 1. The van der Waals surface area contributed by atoms with Gasteiger partial charge in [-0.1, -0.05) is 29.8 Å². The number of nitrogens with one attached hydrogen (secondary N) is 2. The van der Waals surface area contributed by atoms with Crippen molar-refractivity contribution in [2.45, 2.75) is 18.2 Å². The Hall–Kier alpha value is -2.59. The first-order valence-corrected chi connectivity index (χ1v) is 8.30. The molecule has 0 spiro atoms. The molecule has 0 aliphatic heterocycles. The molecule has 0 saturated heterocycles. The molecule has 2 aromatic rings. The van der Waals surface area contributed by atoms with Gasteiger partial charge < -0.3 is 4.74 Å². The van der Waals surface area contributed by atoms with Crippen molar-refractivity contribution in [3.8, 4) is 5.75 Å². The maximum absolute atomic E-state index is 12.4. The number of rotatable bonds is 5. The number of hydrogen-bond acceptors (Lipinski definition) is 4. The van der Waals surface area contributed by atoms with Crippen LogP contribution in [0.4, 0.5) is 13.2 Å². The van der Waals surface area contributed by atoms with Crippen molar-refractivity contribution in [1.29, 1.82) is 0 Å². The van der Waals surface area contributed by atoms with Gasteiger partial charge in [0, 0.05) is 5.56 Å². The van der Waals surface area contributed by atoms with Crippen LogP contribution in [0.5, 0.6) is 5.75 Å². The minimum atomic E-state index is -5.06. The van der Waals surface area contributed by atoms with Gasteiger partial charge in [0.15, 0.2) is 0 Å². The molecule has 2 rings (SSSR count). The minimum Gasteiger partial charge on any atom is -0.404 e. The summed E-state index contributed by atoms with van der Waals surface area (Å²) in [6, 6.07) is 10.4. The Morgan fingerprint density at radius 1 is 1.04 bits per heavy atom. The van der Waals surface area contributed by atoms with E-state index in [4.69, 9.17) is 0 Å². The second-order valence-electron chi connectivity index (χ2n) is 4.92. The molecule has 0 heterocycles. The fraction of sp³-hybridized carbons (Fsp3) is 0.133. The Morgan fingerprint density at radius 3 is 2.24 bits per heavy atom. The highest BCUT2D eigenvalue weighted by Crippen LogP contribution is 2.28. The number of hydrogen-bond donors (Lipinski definition) is 2. The molecule has 2 aromatic carbocycles. The predicted octanol–water partition coefficient (Wildman–Crippen LogP) is 2.52. The van der Waals surface area contributed by atoms with Gasteiger partial charge in [0.2, 0.25) is 0 Å². The first-order chi connectivity index (χ1) is 11.6. The van der Waals surface area contributed by atoms with E-state index in [-0.39, 0.29) is 5.56 Å². The van der Waals surface area contributed by atoms with Crippen molar-refractivity contribution < 1.29 is 31.1 Å². The number of halogens is 3. The molecular weight excluding hydrogens is 361 g/mol. The fourth-order valence-electron chi connectivity index (χ4n) is 1.83. The Labute approximate surface area is 141 Å². The van der Waals surface area contributed by atoms with E-state index in [2.05, 4.69) is 4.74 Å². The molecule has 2 N–H and O–H groups in total. The maximum Gasteiger partial charge on any atom is 0.573 e. The lowest BCUT2D eigenvalue weighted by atomic mass is 10.1. The Morgan fingerprint density at radius 2 is 1.64 bits per heavy atom. The highest BCUT2D eigenvalue weighted by molar-refractivity contribution is 7.89. The van der Waals surface area contributed by atoms with E-state index in [1.807, 2.05) is 12.3 Å². The van der Waals surface area contributed by atoms with Crippen LogP contribution in [0, 0.1) is 6.92 Å². The molecule has 10 heteroatoms. The normalized spacial score (nSPS) is 11.8. The molecule has 25 heavy (non-hydrogen) atoms. The van der Waals surface area contributed by atoms with Gasteiger partial charge in [-0.05, 0) is 31.2 Å². The lowest BCUT2D eigenvalue weighted by Crippen LogP contribution is -2.41. The molecule has 134 valence electrons. The Balaban J connectivity index is 2.17. The molecule has 0 aliphatic rings. The van der Waals surface area contributed by atoms with E-state index in [0.717, 1.165) is 17.7 Å². The van der Waals surface area contributed by atoms with Crippen LogP contribution in [0.3, 0.4) is 0 Å². The van der Waals surface area contributed by atoms with E-state index in [0.29, 0.717) is 0 Å². The summed E-state index contributed by atoms with van der Waals surface area (Å²) in [4.78, 5) is 12.9. The molecule has 6 nitrogen and oxygen atoms in total. The van der Waals surface area contributed by atoms with E-state index < -0.39 is 32.9 Å². The molecular formula is C15H13F3N2O4S. The van der Waals surface area contributed by atoms with Crippen LogP contribution >= 0.6 is 0 Å². The predicted molar refractivity (Wildman–Crippen MR) is 82.1 cm³/mol. The fourth-order valence-corrected chi connectivity index (χ4v) is 2.80. The maximum atomic E-state index is 12.4. The summed E-state index contributed by atoms with van der Waals surface area (Å²) in [5.41, 5.74) is 3.01. The number of ether oxygens (including phenoxy) is 1. The number of benzene rings is 2. The van der Waals surface area contributed by atoms with Gasteiger partial charge in [-0.15, -0.1) is 18.0 Å². The summed E-state index contributed by atoms with van der Waals surface area (Å²) in [6.07, 6.45) is -5.06. The average molecular weight is 374 g/mol. The summed E-state index contributed by atoms with van der Waals surface area (Å²) < 4.78 is 65.1. The highest BCUT2D eigenvalue weighted by atomic mass is 32.2. The number of carbonyl (C=O) groups excluding carboxylic acids is 1. The van der Waals surface area contributed by atoms with Crippen molar-refractivity contribution >= 4 is 15.9 Å². The Kier molecular flexibility index (Phi) is 5.33. The molecule has 0 aliphatic carbocycles. The monoisotopic (exact) mass is 374 g/mol. The molecule has 0 fully saturated rings. The third-order valence-electron chi connectivity index (χ3n) is 2.98. The summed E-state index contributed by atoms with van der Waals surface area (Å²) in [5, 5.41) is 0. The number of amides is 1. The summed E-state index contributed by atoms with van der Waals surface area (Å²) >= 11 is 0. The number of aryl methyl sites for hydroxylation is 1. The van der Waals surface area contributed by atoms with Crippen LogP contribution < -0.4 is 15.0 Å². The molecule has 0 radical (unpaired) electrons. The second-order valence-corrected chi connectivity index (χ2v) is 6.57. The van der Waals surface area contributed by atoms with Crippen molar-refractivity contribution in [3.63, 3.8) is 0 Å². The standard InChI is InChI=1S/C15H13F3N2O4S/c1-10-6-8-11(9-7-10)14(21)19-20-25(22,23)13-5-3-2-4-12(13)24-15(16,17)18/h2-9,20H,1H3,(H,19,21). The second kappa shape index (κ2) is 7.11. The van der Waals surface area contributed by atoms with Crippen LogP contribution in [0.1, 0.15) is 15.9 Å². The van der Waals surface area contributed by atoms with E-state index in [1.165, 1.54) is 24.3 Å². The van der Waals surface area contributed by atoms with Crippen LogP contribution in [0.15, 0.2) is 53.4 Å². The number of para-hydroxylation sites is 1. The van der Waals surface area contributed by atoms with Gasteiger partial charge in [0.1, 0.15) is 10.6 Å². The van der Waals surface area contributed by atoms with Gasteiger partial charge in [-0.2, -0.15) is 0 Å². The zero-order valence-electron chi connectivity index (χ0n) is 12.8. The number of sulfonamides is 1. The van der Waals surface area contributed by atoms with Crippen molar-refractivity contribution in [3.05, 3.63) is 59.7 Å². The zero-order chi connectivity index (χ0) is 18.7. The van der Waals surface area contributed by atoms with Gasteiger partial charge in [-0.3, -0.25) is 10.2 Å². The SMILES string of the molecule is Cc1ccc(C(=O)NNS(=O)(=O)c2ccccc2OC(F)(F)F)cc1. The summed E-state index contributed by atoms with van der Waals surface area (Å²) in [5.74, 6) is -1.68. The minimum absolute atomic E-state index is 0.174. The quantitative estimate of drug-likeness (QED) is 0.788. The zero-order valence-corrected chi connectivity index (χ0v) is 13.6. The first-order valence-electron chi connectivity index (χ1n) is 6.82. The van der Waals surface area contributed by atoms with E-state index in [9.17, 15) is 26.4 Å².